The minimum absolute atomic E-state index is 0.0875. The second kappa shape index (κ2) is 4.95. The number of nitrogens with zero attached hydrogens (tertiary/aromatic N) is 1. The molecule has 1 heterocycles. The number of carbonyl (C=O) groups is 2. The first-order chi connectivity index (χ1) is 8.58. The Morgan fingerprint density at radius 3 is 2.89 bits per heavy atom. The molecule has 0 atom stereocenters. The lowest BCUT2D eigenvalue weighted by atomic mass is 10.0. The molecule has 96 valence electrons. The molecule has 0 aliphatic carbocycles. The van der Waals surface area contributed by atoms with Gasteiger partial charge in [0.05, 0.1) is 17.9 Å². The van der Waals surface area contributed by atoms with E-state index in [9.17, 15) is 9.59 Å². The summed E-state index contributed by atoms with van der Waals surface area (Å²) in [5.74, 6) is -0.418. The summed E-state index contributed by atoms with van der Waals surface area (Å²) in [5.41, 5.74) is 13.5. The Hall–Kier alpha value is -2.24. The molecule has 2 rings (SSSR count). The topological polar surface area (TPSA) is 101 Å². The number of primary amides is 1. The van der Waals surface area contributed by atoms with Gasteiger partial charge in [0.25, 0.3) is 0 Å². The molecule has 1 aromatic rings. The van der Waals surface area contributed by atoms with E-state index in [1.54, 1.807) is 0 Å². The van der Waals surface area contributed by atoms with Gasteiger partial charge < -0.3 is 16.4 Å². The van der Waals surface area contributed by atoms with Crippen LogP contribution in [0.2, 0.25) is 0 Å². The first-order valence-corrected chi connectivity index (χ1v) is 5.79. The number of amides is 3. The number of urea groups is 1. The molecule has 0 fully saturated rings. The van der Waals surface area contributed by atoms with Crippen LogP contribution in [-0.4, -0.2) is 25.0 Å². The van der Waals surface area contributed by atoms with Crippen LogP contribution in [0.5, 0.6) is 0 Å². The maximum absolute atomic E-state index is 11.5. The molecule has 0 spiro atoms. The van der Waals surface area contributed by atoms with E-state index in [1.165, 1.54) is 0 Å². The fourth-order valence-electron chi connectivity index (χ4n) is 2.28. The van der Waals surface area contributed by atoms with Crippen molar-refractivity contribution in [1.29, 1.82) is 0 Å². The average molecular weight is 248 g/mol. The van der Waals surface area contributed by atoms with Crippen molar-refractivity contribution in [3.05, 3.63) is 23.8 Å². The van der Waals surface area contributed by atoms with E-state index in [-0.39, 0.29) is 6.54 Å². The molecule has 6 nitrogen and oxygen atoms in total. The van der Waals surface area contributed by atoms with Crippen molar-refractivity contribution in [1.82, 2.24) is 5.32 Å². The average Bonchev–Trinajstić information content (AvgIpc) is 2.28. The number of imide groups is 1. The predicted octanol–water partition coefficient (Wildman–Crippen LogP) is 0.216. The summed E-state index contributed by atoms with van der Waals surface area (Å²) in [7, 11) is 0. The fraction of sp³-hybridized carbons (Fsp3) is 0.333. The Balaban J connectivity index is 2.17. The molecule has 0 saturated carbocycles. The van der Waals surface area contributed by atoms with Crippen molar-refractivity contribution in [2.75, 3.05) is 23.7 Å². The number of benzene rings is 1. The molecule has 1 aromatic carbocycles. The number of nitrogens with one attached hydrogen (secondary N) is 1. The lowest BCUT2D eigenvalue weighted by Crippen LogP contribution is -2.44. The van der Waals surface area contributed by atoms with Crippen molar-refractivity contribution in [3.63, 3.8) is 0 Å². The van der Waals surface area contributed by atoms with E-state index >= 15 is 0 Å². The maximum atomic E-state index is 11.5. The van der Waals surface area contributed by atoms with Gasteiger partial charge in [-0.1, -0.05) is 12.1 Å². The van der Waals surface area contributed by atoms with Crippen LogP contribution in [0.1, 0.15) is 12.0 Å². The van der Waals surface area contributed by atoms with Gasteiger partial charge in [-0.15, -0.1) is 0 Å². The fourth-order valence-corrected chi connectivity index (χ4v) is 2.28. The summed E-state index contributed by atoms with van der Waals surface area (Å²) >= 11 is 0. The zero-order valence-corrected chi connectivity index (χ0v) is 9.98. The Morgan fingerprint density at radius 2 is 2.17 bits per heavy atom. The zero-order valence-electron chi connectivity index (χ0n) is 9.98. The minimum Gasteiger partial charge on any atom is -0.397 e. The third-order valence-electron chi connectivity index (χ3n) is 2.94. The standard InChI is InChI=1S/C12H16N4O2/c13-9-5-1-3-8-4-2-6-16(11(8)9)7-10(17)15-12(14)18/h1,3,5H,2,4,6-7,13H2,(H3,14,15,17,18). The van der Waals surface area contributed by atoms with E-state index in [2.05, 4.69) is 5.32 Å². The molecule has 5 N–H and O–H groups in total. The van der Waals surface area contributed by atoms with Gasteiger partial charge in [-0.2, -0.15) is 0 Å². The quantitative estimate of drug-likeness (QED) is 0.651. The molecule has 3 amide bonds. The van der Waals surface area contributed by atoms with E-state index in [0.717, 1.165) is 30.6 Å². The molecule has 6 heteroatoms. The van der Waals surface area contributed by atoms with E-state index in [1.807, 2.05) is 23.1 Å². The predicted molar refractivity (Wildman–Crippen MR) is 69.1 cm³/mol. The highest BCUT2D eigenvalue weighted by Gasteiger charge is 2.21. The second-order valence-corrected chi connectivity index (χ2v) is 4.29. The number of hydrogen-bond acceptors (Lipinski definition) is 4. The molecule has 1 aliphatic heterocycles. The molecule has 0 radical (unpaired) electrons. The summed E-state index contributed by atoms with van der Waals surface area (Å²) in [6, 6.07) is 4.88. The summed E-state index contributed by atoms with van der Waals surface area (Å²) in [5, 5.41) is 2.06. The van der Waals surface area contributed by atoms with Gasteiger partial charge in [0.15, 0.2) is 0 Å². The van der Waals surface area contributed by atoms with Gasteiger partial charge in [-0.3, -0.25) is 10.1 Å². The molecular weight excluding hydrogens is 232 g/mol. The van der Waals surface area contributed by atoms with Crippen molar-refractivity contribution in [2.45, 2.75) is 12.8 Å². The highest BCUT2D eigenvalue weighted by Crippen LogP contribution is 2.32. The van der Waals surface area contributed by atoms with Crippen LogP contribution >= 0.6 is 0 Å². The molecular formula is C12H16N4O2. The number of anilines is 2. The lowest BCUT2D eigenvalue weighted by Gasteiger charge is -2.31. The largest absolute Gasteiger partial charge is 0.397 e. The normalized spacial score (nSPS) is 13.9. The van der Waals surface area contributed by atoms with Crippen LogP contribution in [0.25, 0.3) is 0 Å². The van der Waals surface area contributed by atoms with Crippen LogP contribution in [0.15, 0.2) is 18.2 Å². The molecule has 0 aromatic heterocycles. The number of carbonyl (C=O) groups excluding carboxylic acids is 2. The Labute approximate surface area is 105 Å². The van der Waals surface area contributed by atoms with Crippen molar-refractivity contribution >= 4 is 23.3 Å². The zero-order chi connectivity index (χ0) is 13.1. The van der Waals surface area contributed by atoms with Crippen molar-refractivity contribution in [3.8, 4) is 0 Å². The van der Waals surface area contributed by atoms with Crippen LogP contribution in [-0.2, 0) is 11.2 Å². The highest BCUT2D eigenvalue weighted by molar-refractivity contribution is 5.96. The SMILES string of the molecule is NC(=O)NC(=O)CN1CCCc2cccc(N)c21. The third-order valence-corrected chi connectivity index (χ3v) is 2.94. The minimum atomic E-state index is -0.835. The Morgan fingerprint density at radius 1 is 1.39 bits per heavy atom. The summed E-state index contributed by atoms with van der Waals surface area (Å²) in [4.78, 5) is 24.0. The second-order valence-electron chi connectivity index (χ2n) is 4.29. The number of para-hydroxylation sites is 1. The van der Waals surface area contributed by atoms with Gasteiger partial charge in [-0.05, 0) is 24.5 Å². The van der Waals surface area contributed by atoms with E-state index in [0.29, 0.717) is 5.69 Å². The van der Waals surface area contributed by atoms with E-state index in [4.69, 9.17) is 11.5 Å². The van der Waals surface area contributed by atoms with Crippen LogP contribution in [0, 0.1) is 0 Å². The van der Waals surface area contributed by atoms with E-state index < -0.39 is 11.9 Å². The smallest absolute Gasteiger partial charge is 0.318 e. The monoisotopic (exact) mass is 248 g/mol. The van der Waals surface area contributed by atoms with Crippen LogP contribution in [0.4, 0.5) is 16.2 Å². The highest BCUT2D eigenvalue weighted by atomic mass is 16.2. The number of hydrogen-bond donors (Lipinski definition) is 3. The van der Waals surface area contributed by atoms with Gasteiger partial charge in [0.1, 0.15) is 0 Å². The summed E-state index contributed by atoms with van der Waals surface area (Å²) in [6.07, 6.45) is 1.91. The van der Waals surface area contributed by atoms with Crippen LogP contribution in [0.3, 0.4) is 0 Å². The first-order valence-electron chi connectivity index (χ1n) is 5.79. The number of aryl methyl sites for hydroxylation is 1. The molecule has 0 saturated heterocycles. The summed E-state index contributed by atoms with van der Waals surface area (Å²) < 4.78 is 0. The molecule has 0 bridgehead atoms. The first kappa shape index (κ1) is 12.2. The lowest BCUT2D eigenvalue weighted by molar-refractivity contribution is -0.118. The number of fused-ring (bicyclic) bond motifs is 1. The summed E-state index contributed by atoms with van der Waals surface area (Å²) in [6.45, 7) is 0.831. The molecule has 18 heavy (non-hydrogen) atoms. The Kier molecular flexibility index (Phi) is 3.36. The number of nitrogens with two attached hydrogens (primary N) is 2. The molecule has 1 aliphatic rings. The van der Waals surface area contributed by atoms with Gasteiger partial charge in [-0.25, -0.2) is 4.79 Å². The number of rotatable bonds is 2. The number of nitrogen functional groups attached to an aromatic ring is 1. The van der Waals surface area contributed by atoms with Gasteiger partial charge in [0.2, 0.25) is 5.91 Å². The van der Waals surface area contributed by atoms with Gasteiger partial charge in [0, 0.05) is 6.54 Å². The van der Waals surface area contributed by atoms with Gasteiger partial charge >= 0.3 is 6.03 Å². The molecule has 0 unspecified atom stereocenters. The Bertz CT molecular complexity index is 487. The van der Waals surface area contributed by atoms with Crippen molar-refractivity contribution in [2.24, 2.45) is 5.73 Å². The van der Waals surface area contributed by atoms with Crippen LogP contribution < -0.4 is 21.7 Å². The third kappa shape index (κ3) is 2.53. The maximum Gasteiger partial charge on any atom is 0.318 e. The van der Waals surface area contributed by atoms with Crippen molar-refractivity contribution < 1.29 is 9.59 Å².